The smallest absolute Gasteiger partial charge is 0.480 e. The first kappa shape index (κ1) is 26.4. The lowest BCUT2D eigenvalue weighted by molar-refractivity contribution is -0.164. The number of pyridine rings is 1. The topological polar surface area (TPSA) is 120 Å². The molecule has 5 rings (SSSR count). The van der Waals surface area contributed by atoms with Crippen LogP contribution in [0.5, 0.6) is 0 Å². The summed E-state index contributed by atoms with van der Waals surface area (Å²) >= 11 is 0. The number of fused-ring (bicyclic) bond motifs is 1. The Labute approximate surface area is 219 Å². The molecule has 2 bridgehead atoms. The molecule has 1 aromatic rings. The highest BCUT2D eigenvalue weighted by atomic mass is 16.5. The molecule has 8 atom stereocenters. The first-order chi connectivity index (χ1) is 17.4. The van der Waals surface area contributed by atoms with E-state index in [1.54, 1.807) is 12.3 Å². The van der Waals surface area contributed by atoms with E-state index >= 15 is 0 Å². The number of aliphatic carboxylic acids is 1. The lowest BCUT2D eigenvalue weighted by Crippen LogP contribution is -2.66. The van der Waals surface area contributed by atoms with Gasteiger partial charge in [-0.3, -0.25) is 14.6 Å². The normalized spacial score (nSPS) is 41.0. The van der Waals surface area contributed by atoms with E-state index in [-0.39, 0.29) is 42.1 Å². The van der Waals surface area contributed by atoms with Crippen LogP contribution in [-0.2, 0) is 20.9 Å². The first-order valence-corrected chi connectivity index (χ1v) is 13.5. The Morgan fingerprint density at radius 3 is 2.76 bits per heavy atom. The van der Waals surface area contributed by atoms with Gasteiger partial charge in [0.05, 0.1) is 30.3 Å². The fourth-order valence-corrected chi connectivity index (χ4v) is 8.58. The SMILES string of the molecule is C=C[C@]1(C)C[C@@H](N(CC(=O)O)c2cnc3c(c2)B(O)OC3)[C@]2(C)[C@H](C)CC[C@]3(CCC(=O)[C@H]32)[C@@H](C)[C@@H]1O. The van der Waals surface area contributed by atoms with Gasteiger partial charge in [0.25, 0.3) is 0 Å². The van der Waals surface area contributed by atoms with Crippen LogP contribution in [-0.4, -0.2) is 57.8 Å². The number of Topliss-reactive ketones (excluding diaryl/α,β-unsaturated/α-hetero) is 1. The second-order valence-electron chi connectivity index (χ2n) is 12.5. The number of rotatable bonds is 5. The van der Waals surface area contributed by atoms with E-state index in [0.717, 1.165) is 19.3 Å². The van der Waals surface area contributed by atoms with Crippen molar-refractivity contribution in [3.05, 3.63) is 30.6 Å². The number of hydrogen-bond donors (Lipinski definition) is 3. The van der Waals surface area contributed by atoms with Crippen LogP contribution in [0.4, 0.5) is 5.69 Å². The van der Waals surface area contributed by atoms with Crippen LogP contribution in [0.3, 0.4) is 0 Å². The maximum absolute atomic E-state index is 13.7. The monoisotopic (exact) mass is 510 g/mol. The summed E-state index contributed by atoms with van der Waals surface area (Å²) in [6.07, 6.45) is 6.20. The molecule has 3 N–H and O–H groups in total. The molecule has 4 aliphatic rings. The number of carboxylic acids is 1. The number of aromatic nitrogens is 1. The molecule has 0 aromatic carbocycles. The summed E-state index contributed by atoms with van der Waals surface area (Å²) in [6, 6.07) is 1.38. The molecule has 0 amide bonds. The number of carbonyl (C=O) groups excluding carboxylic acids is 1. The Hall–Kier alpha value is -2.23. The van der Waals surface area contributed by atoms with Gasteiger partial charge in [-0.1, -0.05) is 33.8 Å². The van der Waals surface area contributed by atoms with Crippen LogP contribution in [0.2, 0.25) is 0 Å². The van der Waals surface area contributed by atoms with Crippen LogP contribution in [0.15, 0.2) is 24.9 Å². The standard InChI is InChI=1S/C28H39BN2O6/c1-6-26(4)12-22(31(14-23(33)34)18-11-19-20(30-13-18)15-37-29(19)36)27(5)16(2)7-9-28(17(3)25(26)35)10-8-21(32)24(27)28/h6,11,13,16-17,22,24-25,35-36H,1,7-10,12,14-15H2,2-5H3,(H,33,34)/t16-,17+,22-,24+,25+,26-,27+,28+/m1/s1. The molecule has 37 heavy (non-hydrogen) atoms. The molecule has 3 saturated carbocycles. The highest BCUT2D eigenvalue weighted by Crippen LogP contribution is 2.68. The largest absolute Gasteiger partial charge is 0.493 e. The van der Waals surface area contributed by atoms with Gasteiger partial charge in [0.1, 0.15) is 12.3 Å². The summed E-state index contributed by atoms with van der Waals surface area (Å²) in [6.45, 7) is 12.5. The van der Waals surface area contributed by atoms with Gasteiger partial charge < -0.3 is 24.8 Å². The highest BCUT2D eigenvalue weighted by Gasteiger charge is 2.68. The van der Waals surface area contributed by atoms with Gasteiger partial charge in [0.2, 0.25) is 0 Å². The quantitative estimate of drug-likeness (QED) is 0.409. The molecule has 0 unspecified atom stereocenters. The van der Waals surface area contributed by atoms with Gasteiger partial charge >= 0.3 is 13.1 Å². The van der Waals surface area contributed by atoms with Crippen molar-refractivity contribution in [1.82, 2.24) is 4.98 Å². The van der Waals surface area contributed by atoms with Gasteiger partial charge in [-0.2, -0.15) is 0 Å². The molecule has 2 heterocycles. The predicted molar refractivity (Wildman–Crippen MR) is 140 cm³/mol. The van der Waals surface area contributed by atoms with Crippen molar-refractivity contribution >= 4 is 30.0 Å². The number of aliphatic hydroxyl groups is 1. The van der Waals surface area contributed by atoms with E-state index in [0.29, 0.717) is 29.7 Å². The van der Waals surface area contributed by atoms with Crippen molar-refractivity contribution in [1.29, 1.82) is 0 Å². The Morgan fingerprint density at radius 2 is 2.08 bits per heavy atom. The average molecular weight is 510 g/mol. The predicted octanol–water partition coefficient (Wildman–Crippen LogP) is 2.55. The van der Waals surface area contributed by atoms with Gasteiger partial charge in [-0.05, 0) is 49.0 Å². The van der Waals surface area contributed by atoms with Gasteiger partial charge in [0.15, 0.2) is 0 Å². The summed E-state index contributed by atoms with van der Waals surface area (Å²) in [7, 11) is -1.11. The van der Waals surface area contributed by atoms with Crippen molar-refractivity contribution in [2.45, 2.75) is 78.6 Å². The fourth-order valence-electron chi connectivity index (χ4n) is 8.58. The number of anilines is 1. The maximum Gasteiger partial charge on any atom is 0.493 e. The zero-order valence-corrected chi connectivity index (χ0v) is 22.3. The first-order valence-electron chi connectivity index (χ1n) is 13.5. The molecule has 3 fully saturated rings. The number of nitrogens with zero attached hydrogens (tertiary/aromatic N) is 2. The summed E-state index contributed by atoms with van der Waals surface area (Å²) < 4.78 is 5.34. The third-order valence-electron chi connectivity index (χ3n) is 11.0. The third-order valence-corrected chi connectivity index (χ3v) is 11.0. The molecule has 0 spiro atoms. The van der Waals surface area contributed by atoms with Crippen LogP contribution in [0, 0.1) is 34.0 Å². The number of carbonyl (C=O) groups is 2. The van der Waals surface area contributed by atoms with Crippen molar-refractivity contribution in [2.75, 3.05) is 11.4 Å². The second-order valence-corrected chi connectivity index (χ2v) is 12.5. The van der Waals surface area contributed by atoms with Crippen LogP contribution in [0.1, 0.15) is 65.5 Å². The van der Waals surface area contributed by atoms with Gasteiger partial charge in [-0.15, -0.1) is 6.58 Å². The maximum atomic E-state index is 13.7. The molecule has 3 aliphatic carbocycles. The lowest BCUT2D eigenvalue weighted by atomic mass is 9.43. The minimum absolute atomic E-state index is 0.0957. The second kappa shape index (κ2) is 8.92. The highest BCUT2D eigenvalue weighted by molar-refractivity contribution is 6.61. The molecular formula is C28H39BN2O6. The molecule has 0 radical (unpaired) electrons. The van der Waals surface area contributed by atoms with E-state index in [9.17, 15) is 24.8 Å². The Morgan fingerprint density at radius 1 is 1.35 bits per heavy atom. The van der Waals surface area contributed by atoms with E-state index in [2.05, 4.69) is 32.3 Å². The third kappa shape index (κ3) is 3.72. The minimum Gasteiger partial charge on any atom is -0.480 e. The number of ketones is 1. The summed E-state index contributed by atoms with van der Waals surface area (Å²) in [5.41, 5.74) is 0.151. The number of hydrogen-bond acceptors (Lipinski definition) is 7. The molecule has 8 nitrogen and oxygen atoms in total. The Bertz CT molecular complexity index is 1130. The van der Waals surface area contributed by atoms with Crippen LogP contribution < -0.4 is 10.4 Å². The molecule has 1 aliphatic heterocycles. The molecular weight excluding hydrogens is 471 g/mol. The summed E-state index contributed by atoms with van der Waals surface area (Å²) in [5.74, 6) is -0.986. The van der Waals surface area contributed by atoms with Crippen molar-refractivity contribution < 1.29 is 29.5 Å². The van der Waals surface area contributed by atoms with E-state index in [1.165, 1.54) is 0 Å². The zero-order chi connectivity index (χ0) is 26.9. The number of aliphatic hydroxyl groups excluding tert-OH is 1. The van der Waals surface area contributed by atoms with E-state index < -0.39 is 36.1 Å². The van der Waals surface area contributed by atoms with E-state index in [4.69, 9.17) is 4.65 Å². The fraction of sp³-hybridized carbons (Fsp3) is 0.679. The summed E-state index contributed by atoms with van der Waals surface area (Å²) in [5, 5.41) is 32.2. The zero-order valence-electron chi connectivity index (χ0n) is 22.3. The van der Waals surface area contributed by atoms with Gasteiger partial charge in [0, 0.05) is 34.7 Å². The van der Waals surface area contributed by atoms with E-state index in [1.807, 2.05) is 17.9 Å². The van der Waals surface area contributed by atoms with Gasteiger partial charge in [-0.25, -0.2) is 0 Å². The molecule has 200 valence electrons. The van der Waals surface area contributed by atoms with Crippen LogP contribution in [0.25, 0.3) is 0 Å². The van der Waals surface area contributed by atoms with Crippen LogP contribution >= 0.6 is 0 Å². The molecule has 9 heteroatoms. The minimum atomic E-state index is -1.11. The average Bonchev–Trinajstić information content (AvgIpc) is 3.42. The number of carboxylic acid groups (broad SMARTS) is 1. The van der Waals surface area contributed by atoms with Crippen molar-refractivity contribution in [2.24, 2.45) is 34.0 Å². The lowest BCUT2D eigenvalue weighted by Gasteiger charge is -2.64. The Balaban J connectivity index is 1.74. The Kier molecular flexibility index (Phi) is 6.36. The summed E-state index contributed by atoms with van der Waals surface area (Å²) in [4.78, 5) is 32.4. The molecule has 1 aromatic heterocycles. The van der Waals surface area contributed by atoms with Crippen molar-refractivity contribution in [3.8, 4) is 0 Å². The van der Waals surface area contributed by atoms with Crippen molar-refractivity contribution in [3.63, 3.8) is 0 Å². The molecule has 0 saturated heterocycles.